The number of ether oxygens (including phenoxy) is 1. The Morgan fingerprint density at radius 1 is 1.47 bits per heavy atom. The summed E-state index contributed by atoms with van der Waals surface area (Å²) in [5.74, 6) is 0.0270. The average molecular weight is 277 g/mol. The second kappa shape index (κ2) is 5.28. The molecule has 0 radical (unpaired) electrons. The van der Waals surface area contributed by atoms with E-state index in [0.717, 1.165) is 15.6 Å². The molecule has 2 heterocycles. The van der Waals surface area contributed by atoms with Crippen LogP contribution in [-0.2, 0) is 4.74 Å². The van der Waals surface area contributed by atoms with Gasteiger partial charge in [-0.15, -0.1) is 11.3 Å². The van der Waals surface area contributed by atoms with Gasteiger partial charge in [0.05, 0.1) is 24.9 Å². The van der Waals surface area contributed by atoms with Crippen molar-refractivity contribution in [1.82, 2.24) is 4.90 Å². The van der Waals surface area contributed by atoms with Gasteiger partial charge in [0.1, 0.15) is 0 Å². The fourth-order valence-electron chi connectivity index (χ4n) is 2.33. The van der Waals surface area contributed by atoms with Crippen molar-refractivity contribution in [2.45, 2.75) is 6.10 Å². The van der Waals surface area contributed by atoms with Crippen LogP contribution in [0.25, 0.3) is 10.1 Å². The number of rotatable bonds is 2. The van der Waals surface area contributed by atoms with Gasteiger partial charge in [0.15, 0.2) is 0 Å². The lowest BCUT2D eigenvalue weighted by atomic mass is 10.1. The van der Waals surface area contributed by atoms with Gasteiger partial charge in [-0.2, -0.15) is 0 Å². The van der Waals surface area contributed by atoms with Gasteiger partial charge in [0.25, 0.3) is 5.91 Å². The predicted molar refractivity (Wildman–Crippen MR) is 74.6 cm³/mol. The van der Waals surface area contributed by atoms with Crippen molar-refractivity contribution < 1.29 is 14.6 Å². The van der Waals surface area contributed by atoms with E-state index in [9.17, 15) is 4.79 Å². The fraction of sp³-hybridized carbons (Fsp3) is 0.357. The van der Waals surface area contributed by atoms with E-state index in [1.165, 1.54) is 0 Å². The Kier molecular flexibility index (Phi) is 3.50. The van der Waals surface area contributed by atoms with Gasteiger partial charge in [-0.25, -0.2) is 0 Å². The highest BCUT2D eigenvalue weighted by Crippen LogP contribution is 2.27. The van der Waals surface area contributed by atoms with E-state index in [2.05, 4.69) is 0 Å². The Morgan fingerprint density at radius 3 is 3.16 bits per heavy atom. The maximum Gasteiger partial charge on any atom is 0.255 e. The second-order valence-electron chi connectivity index (χ2n) is 4.57. The van der Waals surface area contributed by atoms with Crippen molar-refractivity contribution in [3.05, 3.63) is 35.2 Å². The number of hydrogen-bond donors (Lipinski definition) is 1. The number of benzene rings is 1. The Hall–Kier alpha value is -1.43. The van der Waals surface area contributed by atoms with Crippen molar-refractivity contribution >= 4 is 27.3 Å². The molecule has 0 spiro atoms. The van der Waals surface area contributed by atoms with Gasteiger partial charge in [-0.1, -0.05) is 18.2 Å². The van der Waals surface area contributed by atoms with E-state index < -0.39 is 0 Å². The minimum atomic E-state index is -0.261. The smallest absolute Gasteiger partial charge is 0.255 e. The Labute approximate surface area is 115 Å². The lowest BCUT2D eigenvalue weighted by Crippen LogP contribution is -2.46. The molecular formula is C14H15NO3S. The molecule has 1 aromatic carbocycles. The lowest BCUT2D eigenvalue weighted by molar-refractivity contribution is -0.0446. The molecule has 3 rings (SSSR count). The van der Waals surface area contributed by atoms with Gasteiger partial charge in [0.2, 0.25) is 0 Å². The summed E-state index contributed by atoms with van der Waals surface area (Å²) < 4.78 is 6.49. The maximum atomic E-state index is 12.5. The second-order valence-corrected chi connectivity index (χ2v) is 5.48. The number of morpholine rings is 1. The molecule has 4 nitrogen and oxygen atoms in total. The standard InChI is InChI=1S/C14H15NO3S/c16-8-10-7-15(5-6-18-10)14(17)12-9-19-13-4-2-1-3-11(12)13/h1-4,9-10,16H,5-8H2. The number of aliphatic hydroxyl groups is 1. The number of fused-ring (bicyclic) bond motifs is 1. The molecule has 19 heavy (non-hydrogen) atoms. The van der Waals surface area contributed by atoms with Gasteiger partial charge in [-0.3, -0.25) is 4.79 Å². The van der Waals surface area contributed by atoms with E-state index in [0.29, 0.717) is 19.7 Å². The molecule has 0 bridgehead atoms. The van der Waals surface area contributed by atoms with Crippen LogP contribution in [0.4, 0.5) is 0 Å². The topological polar surface area (TPSA) is 49.8 Å². The number of thiophene rings is 1. The summed E-state index contributed by atoms with van der Waals surface area (Å²) in [4.78, 5) is 14.3. The Bertz CT molecular complexity index is 595. The summed E-state index contributed by atoms with van der Waals surface area (Å²) >= 11 is 1.58. The molecule has 100 valence electrons. The van der Waals surface area contributed by atoms with Gasteiger partial charge < -0.3 is 14.7 Å². The van der Waals surface area contributed by atoms with Gasteiger partial charge in [-0.05, 0) is 6.07 Å². The first kappa shape index (κ1) is 12.6. The molecule has 0 aliphatic carbocycles. The first-order valence-corrected chi connectivity index (χ1v) is 7.15. The van der Waals surface area contributed by atoms with Crippen LogP contribution in [0.2, 0.25) is 0 Å². The highest BCUT2D eigenvalue weighted by atomic mass is 32.1. The van der Waals surface area contributed by atoms with Crippen LogP contribution in [0.3, 0.4) is 0 Å². The molecule has 1 N–H and O–H groups in total. The monoisotopic (exact) mass is 277 g/mol. The van der Waals surface area contributed by atoms with Crippen molar-refractivity contribution in [1.29, 1.82) is 0 Å². The zero-order valence-electron chi connectivity index (χ0n) is 10.4. The van der Waals surface area contributed by atoms with Gasteiger partial charge in [0, 0.05) is 28.6 Å². The third kappa shape index (κ3) is 2.36. The average Bonchev–Trinajstić information content (AvgIpc) is 2.90. The van der Waals surface area contributed by atoms with E-state index in [4.69, 9.17) is 9.84 Å². The SMILES string of the molecule is O=C(c1csc2ccccc12)N1CCOC(CO)C1. The number of aliphatic hydroxyl groups excluding tert-OH is 1. The minimum Gasteiger partial charge on any atom is -0.394 e. The number of nitrogens with zero attached hydrogens (tertiary/aromatic N) is 1. The first-order chi connectivity index (χ1) is 9.29. The molecular weight excluding hydrogens is 262 g/mol. The lowest BCUT2D eigenvalue weighted by Gasteiger charge is -2.32. The quantitative estimate of drug-likeness (QED) is 0.909. The fourth-order valence-corrected chi connectivity index (χ4v) is 3.26. The Morgan fingerprint density at radius 2 is 2.32 bits per heavy atom. The molecule has 2 aromatic rings. The maximum absolute atomic E-state index is 12.5. The predicted octanol–water partition coefficient (Wildman–Crippen LogP) is 1.73. The zero-order chi connectivity index (χ0) is 13.2. The molecule has 1 atom stereocenters. The zero-order valence-corrected chi connectivity index (χ0v) is 11.2. The Balaban J connectivity index is 1.87. The van der Waals surface area contributed by atoms with Crippen LogP contribution >= 0.6 is 11.3 Å². The van der Waals surface area contributed by atoms with Crippen LogP contribution in [-0.4, -0.2) is 48.3 Å². The van der Waals surface area contributed by atoms with Crippen LogP contribution in [0.1, 0.15) is 10.4 Å². The molecule has 1 fully saturated rings. The van der Waals surface area contributed by atoms with E-state index >= 15 is 0 Å². The molecule has 1 aromatic heterocycles. The summed E-state index contributed by atoms with van der Waals surface area (Å²) in [6, 6.07) is 7.92. The summed E-state index contributed by atoms with van der Waals surface area (Å²) in [6.07, 6.45) is -0.261. The van der Waals surface area contributed by atoms with Crippen LogP contribution in [0, 0.1) is 0 Å². The summed E-state index contributed by atoms with van der Waals surface area (Å²) in [7, 11) is 0. The van der Waals surface area contributed by atoms with Crippen molar-refractivity contribution in [3.8, 4) is 0 Å². The van der Waals surface area contributed by atoms with E-state index in [1.54, 1.807) is 16.2 Å². The normalized spacial score (nSPS) is 19.8. The number of hydrogen-bond acceptors (Lipinski definition) is 4. The molecule has 1 saturated heterocycles. The number of carbonyl (C=O) groups is 1. The number of carbonyl (C=O) groups excluding carboxylic acids is 1. The van der Waals surface area contributed by atoms with Crippen LogP contribution in [0.5, 0.6) is 0 Å². The largest absolute Gasteiger partial charge is 0.394 e. The minimum absolute atomic E-state index is 0.0270. The van der Waals surface area contributed by atoms with Gasteiger partial charge >= 0.3 is 0 Å². The van der Waals surface area contributed by atoms with Crippen LogP contribution in [0.15, 0.2) is 29.6 Å². The summed E-state index contributed by atoms with van der Waals surface area (Å²) in [6.45, 7) is 1.48. The third-order valence-corrected chi connectivity index (χ3v) is 4.30. The van der Waals surface area contributed by atoms with Crippen molar-refractivity contribution in [2.24, 2.45) is 0 Å². The van der Waals surface area contributed by atoms with E-state index in [1.807, 2.05) is 29.6 Å². The van der Waals surface area contributed by atoms with Crippen molar-refractivity contribution in [2.75, 3.05) is 26.3 Å². The number of amides is 1. The molecule has 1 aliphatic rings. The third-order valence-electron chi connectivity index (χ3n) is 3.34. The van der Waals surface area contributed by atoms with Crippen LogP contribution < -0.4 is 0 Å². The molecule has 1 aliphatic heterocycles. The molecule has 5 heteroatoms. The first-order valence-electron chi connectivity index (χ1n) is 6.27. The molecule has 0 saturated carbocycles. The molecule has 1 amide bonds. The molecule has 1 unspecified atom stereocenters. The highest BCUT2D eigenvalue weighted by molar-refractivity contribution is 7.17. The summed E-state index contributed by atoms with van der Waals surface area (Å²) in [5.41, 5.74) is 0.749. The highest BCUT2D eigenvalue weighted by Gasteiger charge is 2.25. The summed E-state index contributed by atoms with van der Waals surface area (Å²) in [5, 5.41) is 12.0. The van der Waals surface area contributed by atoms with Crippen molar-refractivity contribution in [3.63, 3.8) is 0 Å². The van der Waals surface area contributed by atoms with E-state index in [-0.39, 0.29) is 18.6 Å².